The monoisotopic (exact) mass is 429 g/mol. The van der Waals surface area contributed by atoms with Crippen LogP contribution in [0.5, 0.6) is 0 Å². The Balaban J connectivity index is 1.39. The van der Waals surface area contributed by atoms with E-state index in [1.54, 1.807) is 0 Å². The summed E-state index contributed by atoms with van der Waals surface area (Å²) in [5.41, 5.74) is 1.20. The van der Waals surface area contributed by atoms with Crippen LogP contribution in [-0.2, 0) is 16.1 Å². The zero-order chi connectivity index (χ0) is 20.8. The van der Waals surface area contributed by atoms with Crippen molar-refractivity contribution in [1.82, 2.24) is 20.1 Å². The van der Waals surface area contributed by atoms with Crippen LogP contribution in [0.25, 0.3) is 0 Å². The second kappa shape index (κ2) is 10.3. The van der Waals surface area contributed by atoms with Gasteiger partial charge in [-0.15, -0.1) is 10.2 Å². The zero-order valence-corrected chi connectivity index (χ0v) is 18.4. The molecule has 1 aromatic heterocycles. The summed E-state index contributed by atoms with van der Waals surface area (Å²) < 4.78 is 7.53. The molecule has 7 nitrogen and oxygen atoms in total. The van der Waals surface area contributed by atoms with Gasteiger partial charge in [0.05, 0.1) is 25.0 Å². The van der Waals surface area contributed by atoms with E-state index in [1.165, 1.54) is 43.0 Å². The van der Waals surface area contributed by atoms with Crippen molar-refractivity contribution in [3.8, 4) is 0 Å². The highest BCUT2D eigenvalue weighted by Gasteiger charge is 2.28. The standard InChI is InChI=1S/C22H31N5O2S/c1-2-27-21(26-12-14-29-15-13-26)24-25-22(27)30-16-19(28)23-20(18-10-6-7-11-18)17-8-4-3-5-9-17/h3-5,8-9,18,20H,2,6-7,10-16H2,1H3,(H,23,28). The van der Waals surface area contributed by atoms with Crippen molar-refractivity contribution in [2.45, 2.75) is 50.4 Å². The molecule has 2 heterocycles. The van der Waals surface area contributed by atoms with Gasteiger partial charge in [-0.1, -0.05) is 54.9 Å². The highest BCUT2D eigenvalue weighted by molar-refractivity contribution is 7.99. The van der Waals surface area contributed by atoms with Gasteiger partial charge in [0, 0.05) is 19.6 Å². The molecule has 162 valence electrons. The molecule has 1 amide bonds. The minimum atomic E-state index is 0.0549. The first-order chi connectivity index (χ1) is 14.8. The van der Waals surface area contributed by atoms with E-state index in [1.807, 2.05) is 6.07 Å². The summed E-state index contributed by atoms with van der Waals surface area (Å²) in [5, 5.41) is 12.9. The summed E-state index contributed by atoms with van der Waals surface area (Å²) in [6, 6.07) is 10.5. The maximum Gasteiger partial charge on any atom is 0.230 e. The van der Waals surface area contributed by atoms with Gasteiger partial charge < -0.3 is 15.0 Å². The highest BCUT2D eigenvalue weighted by Crippen LogP contribution is 2.35. The third kappa shape index (κ3) is 4.98. The number of nitrogens with zero attached hydrogens (tertiary/aromatic N) is 4. The molecule has 1 N–H and O–H groups in total. The predicted octanol–water partition coefficient (Wildman–Crippen LogP) is 3.27. The van der Waals surface area contributed by atoms with Gasteiger partial charge >= 0.3 is 0 Å². The normalized spacial score (nSPS) is 18.5. The lowest BCUT2D eigenvalue weighted by molar-refractivity contribution is -0.119. The van der Waals surface area contributed by atoms with Crippen molar-refractivity contribution >= 4 is 23.6 Å². The van der Waals surface area contributed by atoms with E-state index in [9.17, 15) is 4.79 Å². The Labute approximate surface area is 182 Å². The molecular weight excluding hydrogens is 398 g/mol. The molecule has 1 atom stereocenters. The topological polar surface area (TPSA) is 72.3 Å². The smallest absolute Gasteiger partial charge is 0.230 e. The van der Waals surface area contributed by atoms with Crippen LogP contribution in [0.3, 0.4) is 0 Å². The summed E-state index contributed by atoms with van der Waals surface area (Å²) in [5.74, 6) is 1.79. The maximum absolute atomic E-state index is 12.8. The Morgan fingerprint density at radius 3 is 2.63 bits per heavy atom. The van der Waals surface area contributed by atoms with Gasteiger partial charge in [0.2, 0.25) is 11.9 Å². The number of anilines is 1. The Kier molecular flexibility index (Phi) is 7.28. The first-order valence-electron chi connectivity index (χ1n) is 11.0. The van der Waals surface area contributed by atoms with E-state index < -0.39 is 0 Å². The van der Waals surface area contributed by atoms with Gasteiger partial charge in [0.25, 0.3) is 0 Å². The number of hydrogen-bond donors (Lipinski definition) is 1. The summed E-state index contributed by atoms with van der Waals surface area (Å²) in [7, 11) is 0. The second-order valence-electron chi connectivity index (χ2n) is 7.92. The van der Waals surface area contributed by atoms with Crippen molar-refractivity contribution in [1.29, 1.82) is 0 Å². The van der Waals surface area contributed by atoms with Gasteiger partial charge in [-0.05, 0) is 31.2 Å². The number of carbonyl (C=O) groups excluding carboxylic acids is 1. The lowest BCUT2D eigenvalue weighted by atomic mass is 9.91. The number of carbonyl (C=O) groups is 1. The van der Waals surface area contributed by atoms with Crippen LogP contribution >= 0.6 is 11.8 Å². The van der Waals surface area contributed by atoms with Gasteiger partial charge in [0.1, 0.15) is 0 Å². The molecule has 0 radical (unpaired) electrons. The number of amides is 1. The van der Waals surface area contributed by atoms with Crippen LogP contribution in [0.1, 0.15) is 44.2 Å². The summed E-state index contributed by atoms with van der Waals surface area (Å²) in [6.45, 7) is 5.93. The molecule has 8 heteroatoms. The summed E-state index contributed by atoms with van der Waals surface area (Å²) in [6.07, 6.45) is 4.87. The Morgan fingerprint density at radius 1 is 1.20 bits per heavy atom. The first kappa shape index (κ1) is 21.2. The molecule has 0 bridgehead atoms. The Bertz CT molecular complexity index is 816. The average Bonchev–Trinajstić information content (AvgIpc) is 3.47. The Hall–Kier alpha value is -2.06. The molecule has 2 fully saturated rings. The third-order valence-corrected chi connectivity index (χ3v) is 6.95. The molecule has 1 aliphatic heterocycles. The van der Waals surface area contributed by atoms with E-state index in [4.69, 9.17) is 4.74 Å². The number of aromatic nitrogens is 3. The van der Waals surface area contributed by atoms with E-state index in [2.05, 4.69) is 56.2 Å². The zero-order valence-electron chi connectivity index (χ0n) is 17.6. The van der Waals surface area contributed by atoms with Crippen LogP contribution in [0, 0.1) is 5.92 Å². The van der Waals surface area contributed by atoms with E-state index in [0.717, 1.165) is 30.7 Å². The predicted molar refractivity (Wildman–Crippen MR) is 119 cm³/mol. The van der Waals surface area contributed by atoms with Gasteiger partial charge in [-0.2, -0.15) is 0 Å². The molecule has 30 heavy (non-hydrogen) atoms. The second-order valence-corrected chi connectivity index (χ2v) is 8.86. The molecule has 1 unspecified atom stereocenters. The average molecular weight is 430 g/mol. The number of morpholine rings is 1. The minimum Gasteiger partial charge on any atom is -0.378 e. The molecule has 1 saturated carbocycles. The van der Waals surface area contributed by atoms with Gasteiger partial charge in [-0.3, -0.25) is 9.36 Å². The van der Waals surface area contributed by atoms with Crippen molar-refractivity contribution in [3.05, 3.63) is 35.9 Å². The molecular formula is C22H31N5O2S. The van der Waals surface area contributed by atoms with E-state index >= 15 is 0 Å². The summed E-state index contributed by atoms with van der Waals surface area (Å²) >= 11 is 1.46. The largest absolute Gasteiger partial charge is 0.378 e. The molecule has 1 aromatic carbocycles. The molecule has 4 rings (SSSR count). The SMILES string of the molecule is CCn1c(SCC(=O)NC(c2ccccc2)C2CCCC2)nnc1N1CCOCC1. The molecule has 2 aliphatic rings. The van der Waals surface area contributed by atoms with Crippen molar-refractivity contribution in [3.63, 3.8) is 0 Å². The fraction of sp³-hybridized carbons (Fsp3) is 0.591. The van der Waals surface area contributed by atoms with Crippen LogP contribution in [-0.4, -0.2) is 52.7 Å². The minimum absolute atomic E-state index is 0.0549. The van der Waals surface area contributed by atoms with Crippen molar-refractivity contribution < 1.29 is 9.53 Å². The highest BCUT2D eigenvalue weighted by atomic mass is 32.2. The molecule has 2 aromatic rings. The van der Waals surface area contributed by atoms with Gasteiger partial charge in [-0.25, -0.2) is 0 Å². The van der Waals surface area contributed by atoms with Crippen molar-refractivity contribution in [2.75, 3.05) is 37.0 Å². The fourth-order valence-corrected chi connectivity index (χ4v) is 5.24. The van der Waals surface area contributed by atoms with Crippen LogP contribution in [0.15, 0.2) is 35.5 Å². The number of nitrogens with one attached hydrogen (secondary N) is 1. The van der Waals surface area contributed by atoms with Gasteiger partial charge in [0.15, 0.2) is 5.16 Å². The van der Waals surface area contributed by atoms with Crippen LogP contribution in [0.2, 0.25) is 0 Å². The first-order valence-corrected chi connectivity index (χ1v) is 12.0. The number of rotatable bonds is 8. The van der Waals surface area contributed by atoms with E-state index in [-0.39, 0.29) is 11.9 Å². The van der Waals surface area contributed by atoms with Crippen molar-refractivity contribution in [2.24, 2.45) is 5.92 Å². The lowest BCUT2D eigenvalue weighted by Gasteiger charge is -2.27. The molecule has 1 saturated heterocycles. The van der Waals surface area contributed by atoms with Crippen LogP contribution < -0.4 is 10.2 Å². The molecule has 0 spiro atoms. The fourth-order valence-electron chi connectivity index (χ4n) is 4.43. The number of benzene rings is 1. The third-order valence-electron chi connectivity index (χ3n) is 5.99. The Morgan fingerprint density at radius 2 is 1.93 bits per heavy atom. The quantitative estimate of drug-likeness (QED) is 0.650. The maximum atomic E-state index is 12.8. The van der Waals surface area contributed by atoms with E-state index in [0.29, 0.717) is 24.9 Å². The summed E-state index contributed by atoms with van der Waals surface area (Å²) in [4.78, 5) is 15.1. The van der Waals surface area contributed by atoms with Crippen LogP contribution in [0.4, 0.5) is 5.95 Å². The number of hydrogen-bond acceptors (Lipinski definition) is 6. The molecule has 1 aliphatic carbocycles. The number of ether oxygens (including phenoxy) is 1. The number of thioether (sulfide) groups is 1. The lowest BCUT2D eigenvalue weighted by Crippen LogP contribution is -2.38.